The first kappa shape index (κ1) is 17.7. The van der Waals surface area contributed by atoms with Crippen LogP contribution < -0.4 is 4.74 Å². The first-order chi connectivity index (χ1) is 12.5. The monoisotopic (exact) mass is 346 g/mol. The van der Waals surface area contributed by atoms with Gasteiger partial charge in [0.1, 0.15) is 11.5 Å². The highest BCUT2D eigenvalue weighted by atomic mass is 16.5. The Morgan fingerprint density at radius 2 is 1.46 bits per heavy atom. The highest BCUT2D eigenvalue weighted by Crippen LogP contribution is 2.35. The molecular weight excluding hydrogens is 324 g/mol. The van der Waals surface area contributed by atoms with Crippen molar-refractivity contribution in [1.29, 1.82) is 0 Å². The molecule has 0 spiro atoms. The first-order valence-electron chi connectivity index (χ1n) is 8.59. The molecule has 1 N–H and O–H groups in total. The van der Waals surface area contributed by atoms with Crippen molar-refractivity contribution < 1.29 is 14.6 Å². The van der Waals surface area contributed by atoms with Gasteiger partial charge in [-0.05, 0) is 53.8 Å². The second-order valence-corrected chi connectivity index (χ2v) is 6.51. The van der Waals surface area contributed by atoms with Gasteiger partial charge in [0.2, 0.25) is 0 Å². The third-order valence-corrected chi connectivity index (χ3v) is 4.47. The van der Waals surface area contributed by atoms with Crippen LogP contribution in [0, 0.1) is 13.8 Å². The van der Waals surface area contributed by atoms with Crippen LogP contribution in [0.25, 0.3) is 0 Å². The summed E-state index contributed by atoms with van der Waals surface area (Å²) in [7, 11) is 0. The maximum Gasteiger partial charge on any atom is 0.308 e. The van der Waals surface area contributed by atoms with Gasteiger partial charge in [-0.3, -0.25) is 4.79 Å². The molecule has 3 nitrogen and oxygen atoms in total. The minimum Gasteiger partial charge on any atom is -0.508 e. The van der Waals surface area contributed by atoms with E-state index < -0.39 is 0 Å². The fraction of sp³-hybridized carbons (Fsp3) is 0.174. The van der Waals surface area contributed by atoms with E-state index in [9.17, 15) is 9.90 Å². The fourth-order valence-electron chi connectivity index (χ4n) is 3.20. The van der Waals surface area contributed by atoms with Gasteiger partial charge in [0.05, 0.1) is 0 Å². The lowest BCUT2D eigenvalue weighted by atomic mass is 9.84. The molecule has 0 saturated carbocycles. The third kappa shape index (κ3) is 3.77. The molecule has 0 heterocycles. The Morgan fingerprint density at radius 3 is 2.04 bits per heavy atom. The second-order valence-electron chi connectivity index (χ2n) is 6.51. The molecule has 0 saturated heterocycles. The Balaban J connectivity index is 2.11. The Kier molecular flexibility index (Phi) is 5.08. The largest absolute Gasteiger partial charge is 0.508 e. The van der Waals surface area contributed by atoms with Crippen molar-refractivity contribution in [2.75, 3.05) is 0 Å². The molecule has 0 amide bonds. The van der Waals surface area contributed by atoms with Crippen LogP contribution in [-0.2, 0) is 4.79 Å². The Morgan fingerprint density at radius 1 is 0.846 bits per heavy atom. The predicted octanol–water partition coefficient (Wildman–Crippen LogP) is 5.11. The van der Waals surface area contributed by atoms with E-state index in [2.05, 4.69) is 18.2 Å². The summed E-state index contributed by atoms with van der Waals surface area (Å²) in [6.07, 6.45) is 0. The zero-order chi connectivity index (χ0) is 18.7. The lowest BCUT2D eigenvalue weighted by Crippen LogP contribution is -2.06. The van der Waals surface area contributed by atoms with Crippen LogP contribution in [0.5, 0.6) is 11.5 Å². The summed E-state index contributed by atoms with van der Waals surface area (Å²) in [6, 6.07) is 21.8. The Labute approximate surface area is 153 Å². The summed E-state index contributed by atoms with van der Waals surface area (Å²) in [5.41, 5.74) is 5.13. The van der Waals surface area contributed by atoms with Crippen LogP contribution in [0.1, 0.15) is 40.7 Å². The van der Waals surface area contributed by atoms with Gasteiger partial charge in [-0.25, -0.2) is 0 Å². The molecule has 0 aromatic heterocycles. The van der Waals surface area contributed by atoms with Gasteiger partial charge in [-0.2, -0.15) is 0 Å². The number of esters is 1. The SMILES string of the molecule is CC(=O)Oc1ccc(C(c2ccccc2)c2ccc(O)c(C)c2)cc1C. The van der Waals surface area contributed by atoms with E-state index in [1.807, 2.05) is 56.3 Å². The van der Waals surface area contributed by atoms with Crippen molar-refractivity contribution in [3.05, 3.63) is 94.5 Å². The lowest BCUT2D eigenvalue weighted by Gasteiger charge is -2.21. The van der Waals surface area contributed by atoms with E-state index in [1.54, 1.807) is 6.07 Å². The molecule has 3 heteroatoms. The summed E-state index contributed by atoms with van der Waals surface area (Å²) in [6.45, 7) is 5.24. The average molecular weight is 346 g/mol. The number of hydrogen-bond acceptors (Lipinski definition) is 3. The van der Waals surface area contributed by atoms with Crippen LogP contribution in [0.2, 0.25) is 0 Å². The molecule has 0 bridgehead atoms. The summed E-state index contributed by atoms with van der Waals surface area (Å²) in [4.78, 5) is 11.3. The van der Waals surface area contributed by atoms with Gasteiger partial charge in [0.25, 0.3) is 0 Å². The van der Waals surface area contributed by atoms with Crippen molar-refractivity contribution in [3.63, 3.8) is 0 Å². The van der Waals surface area contributed by atoms with E-state index in [0.717, 1.165) is 27.8 Å². The lowest BCUT2D eigenvalue weighted by molar-refractivity contribution is -0.131. The van der Waals surface area contributed by atoms with Crippen molar-refractivity contribution in [3.8, 4) is 11.5 Å². The van der Waals surface area contributed by atoms with Crippen LogP contribution in [0.15, 0.2) is 66.7 Å². The molecule has 0 aliphatic rings. The van der Waals surface area contributed by atoms with E-state index >= 15 is 0 Å². The molecule has 1 unspecified atom stereocenters. The predicted molar refractivity (Wildman–Crippen MR) is 103 cm³/mol. The molecule has 0 radical (unpaired) electrons. The van der Waals surface area contributed by atoms with Crippen molar-refractivity contribution in [2.45, 2.75) is 26.7 Å². The third-order valence-electron chi connectivity index (χ3n) is 4.47. The number of rotatable bonds is 4. The average Bonchev–Trinajstić information content (AvgIpc) is 2.61. The smallest absolute Gasteiger partial charge is 0.308 e. The highest BCUT2D eigenvalue weighted by molar-refractivity contribution is 5.70. The maximum absolute atomic E-state index is 11.3. The minimum absolute atomic E-state index is 0.0283. The molecular formula is C23H22O3. The molecule has 0 aliphatic heterocycles. The van der Waals surface area contributed by atoms with Gasteiger partial charge in [-0.15, -0.1) is 0 Å². The van der Waals surface area contributed by atoms with E-state index in [0.29, 0.717) is 11.5 Å². The van der Waals surface area contributed by atoms with Gasteiger partial charge < -0.3 is 9.84 Å². The zero-order valence-electron chi connectivity index (χ0n) is 15.2. The number of benzene rings is 3. The van der Waals surface area contributed by atoms with Gasteiger partial charge >= 0.3 is 5.97 Å². The summed E-state index contributed by atoms with van der Waals surface area (Å²) in [5.74, 6) is 0.576. The van der Waals surface area contributed by atoms with Crippen LogP contribution in [-0.4, -0.2) is 11.1 Å². The minimum atomic E-state index is -0.324. The number of carbonyl (C=O) groups excluding carboxylic acids is 1. The van der Waals surface area contributed by atoms with Crippen molar-refractivity contribution in [2.24, 2.45) is 0 Å². The molecule has 3 aromatic carbocycles. The molecule has 3 rings (SSSR count). The highest BCUT2D eigenvalue weighted by Gasteiger charge is 2.18. The van der Waals surface area contributed by atoms with E-state index in [-0.39, 0.29) is 11.9 Å². The van der Waals surface area contributed by atoms with Crippen molar-refractivity contribution >= 4 is 5.97 Å². The molecule has 26 heavy (non-hydrogen) atoms. The van der Waals surface area contributed by atoms with Crippen LogP contribution in [0.4, 0.5) is 0 Å². The number of carbonyl (C=O) groups is 1. The summed E-state index contributed by atoms with van der Waals surface area (Å²) >= 11 is 0. The molecule has 0 aliphatic carbocycles. The van der Waals surface area contributed by atoms with Crippen molar-refractivity contribution in [1.82, 2.24) is 0 Å². The molecule has 0 fully saturated rings. The maximum atomic E-state index is 11.3. The van der Waals surface area contributed by atoms with Crippen LogP contribution >= 0.6 is 0 Å². The topological polar surface area (TPSA) is 46.5 Å². The Bertz CT molecular complexity index is 929. The van der Waals surface area contributed by atoms with Gasteiger partial charge in [0, 0.05) is 12.8 Å². The number of ether oxygens (including phenoxy) is 1. The quantitative estimate of drug-likeness (QED) is 0.405. The summed E-state index contributed by atoms with van der Waals surface area (Å²) in [5, 5.41) is 9.88. The number of phenolic OH excluding ortho intramolecular Hbond substituents is 1. The summed E-state index contributed by atoms with van der Waals surface area (Å²) < 4.78 is 5.25. The molecule has 3 aromatic rings. The normalized spacial score (nSPS) is 11.8. The van der Waals surface area contributed by atoms with E-state index in [1.165, 1.54) is 6.92 Å². The number of aromatic hydroxyl groups is 1. The second kappa shape index (κ2) is 7.44. The Hall–Kier alpha value is -3.07. The number of hydrogen-bond donors (Lipinski definition) is 1. The standard InChI is InChI=1S/C23H22O3/c1-15-13-19(9-11-21(15)25)23(18-7-5-4-6-8-18)20-10-12-22(16(2)14-20)26-17(3)24/h4-14,23,25H,1-3H3. The zero-order valence-corrected chi connectivity index (χ0v) is 15.2. The number of phenols is 1. The first-order valence-corrected chi connectivity index (χ1v) is 8.59. The van der Waals surface area contributed by atoms with Gasteiger partial charge in [-0.1, -0.05) is 54.6 Å². The van der Waals surface area contributed by atoms with E-state index in [4.69, 9.17) is 4.74 Å². The fourth-order valence-corrected chi connectivity index (χ4v) is 3.20. The van der Waals surface area contributed by atoms with Gasteiger partial charge in [0.15, 0.2) is 0 Å². The number of aryl methyl sites for hydroxylation is 2. The molecule has 1 atom stereocenters. The van der Waals surface area contributed by atoms with Crippen LogP contribution in [0.3, 0.4) is 0 Å². The molecule has 132 valence electrons.